The van der Waals surface area contributed by atoms with Crippen LogP contribution in [0.4, 0.5) is 4.39 Å². The molecule has 0 N–H and O–H groups in total. The summed E-state index contributed by atoms with van der Waals surface area (Å²) in [6.07, 6.45) is 4.72. The fraction of sp³-hybridized carbons (Fsp3) is 0.500. The molecule has 0 aliphatic carbocycles. The summed E-state index contributed by atoms with van der Waals surface area (Å²) in [5.74, 6) is -0.0119. The summed E-state index contributed by atoms with van der Waals surface area (Å²) in [7, 11) is 0. The minimum Gasteiger partial charge on any atom is -0.485 e. The van der Waals surface area contributed by atoms with Crippen molar-refractivity contribution in [3.8, 4) is 5.75 Å². The number of benzene rings is 2. The Morgan fingerprint density at radius 3 is 2.69 bits per heavy atom. The van der Waals surface area contributed by atoms with Crippen LogP contribution in [-0.2, 0) is 11.3 Å². The van der Waals surface area contributed by atoms with Crippen molar-refractivity contribution in [1.29, 1.82) is 0 Å². The molecule has 6 heteroatoms. The Balaban J connectivity index is 1.26. The third kappa shape index (κ3) is 4.52. The van der Waals surface area contributed by atoms with Crippen LogP contribution in [0.2, 0.25) is 0 Å². The van der Waals surface area contributed by atoms with Crippen LogP contribution in [0.15, 0.2) is 48.5 Å². The zero-order chi connectivity index (χ0) is 22.0. The summed E-state index contributed by atoms with van der Waals surface area (Å²) in [5, 5.41) is 0. The van der Waals surface area contributed by atoms with Gasteiger partial charge in [-0.25, -0.2) is 4.39 Å². The van der Waals surface area contributed by atoms with E-state index in [9.17, 15) is 9.18 Å². The van der Waals surface area contributed by atoms with Crippen LogP contribution in [0.25, 0.3) is 0 Å². The van der Waals surface area contributed by atoms with Crippen molar-refractivity contribution in [3.05, 3.63) is 65.5 Å². The number of likely N-dealkylation sites (tertiary alicyclic amines) is 2. The van der Waals surface area contributed by atoms with Crippen molar-refractivity contribution in [2.75, 3.05) is 32.8 Å². The minimum atomic E-state index is -0.409. The first kappa shape index (κ1) is 21.4. The molecule has 2 atom stereocenters. The van der Waals surface area contributed by atoms with Gasteiger partial charge in [0.1, 0.15) is 6.10 Å². The maximum Gasteiger partial charge on any atom is 0.254 e. The number of hydrogen-bond acceptors (Lipinski definition) is 4. The molecule has 5 nitrogen and oxygen atoms in total. The molecule has 170 valence electrons. The second kappa shape index (κ2) is 9.20. The molecule has 0 aromatic heterocycles. The van der Waals surface area contributed by atoms with Gasteiger partial charge in [-0.1, -0.05) is 30.3 Å². The summed E-state index contributed by atoms with van der Waals surface area (Å²) in [6, 6.07) is 14.5. The molecule has 3 heterocycles. The Bertz CT molecular complexity index is 962. The van der Waals surface area contributed by atoms with Crippen molar-refractivity contribution in [2.24, 2.45) is 0 Å². The number of ether oxygens (including phenoxy) is 2. The number of para-hydroxylation sites is 1. The quantitative estimate of drug-likeness (QED) is 0.700. The Kier molecular flexibility index (Phi) is 6.15. The lowest BCUT2D eigenvalue weighted by Crippen LogP contribution is -2.50. The first-order chi connectivity index (χ1) is 15.6. The van der Waals surface area contributed by atoms with E-state index >= 15 is 0 Å². The topological polar surface area (TPSA) is 42.0 Å². The van der Waals surface area contributed by atoms with Gasteiger partial charge in [-0.05, 0) is 62.5 Å². The molecule has 1 amide bonds. The van der Waals surface area contributed by atoms with E-state index in [4.69, 9.17) is 9.47 Å². The van der Waals surface area contributed by atoms with E-state index in [2.05, 4.69) is 11.0 Å². The van der Waals surface area contributed by atoms with E-state index in [1.54, 1.807) is 18.2 Å². The van der Waals surface area contributed by atoms with Crippen molar-refractivity contribution in [1.82, 2.24) is 9.80 Å². The molecule has 5 rings (SSSR count). The van der Waals surface area contributed by atoms with Gasteiger partial charge in [-0.15, -0.1) is 0 Å². The lowest BCUT2D eigenvalue weighted by atomic mass is 9.88. The van der Waals surface area contributed by atoms with Crippen molar-refractivity contribution in [2.45, 2.75) is 50.4 Å². The number of carbonyl (C=O) groups is 1. The predicted molar refractivity (Wildman–Crippen MR) is 120 cm³/mol. The summed E-state index contributed by atoms with van der Waals surface area (Å²) >= 11 is 0. The molecule has 2 aromatic rings. The number of piperidine rings is 1. The maximum atomic E-state index is 14.0. The van der Waals surface area contributed by atoms with Gasteiger partial charge in [-0.2, -0.15) is 0 Å². The lowest BCUT2D eigenvalue weighted by molar-refractivity contribution is -0.0453. The van der Waals surface area contributed by atoms with Gasteiger partial charge in [0, 0.05) is 25.1 Å². The normalized spacial score (nSPS) is 26.0. The molecular weight excluding hydrogens is 407 g/mol. The standard InChI is InChI=1S/C26H31FN2O3/c27-23-10-3-4-11-24(23)32-21-16-26(31-18-21)12-7-15-29(19-26)25(30)22-9-2-1-8-20(22)17-28-13-5-6-14-28/h1-4,8-11,21H,5-7,12-19H2/t21-,26+/m1/s1. The molecule has 3 aliphatic rings. The largest absolute Gasteiger partial charge is 0.485 e. The monoisotopic (exact) mass is 438 g/mol. The highest BCUT2D eigenvalue weighted by Crippen LogP contribution is 2.37. The Morgan fingerprint density at radius 1 is 1.06 bits per heavy atom. The SMILES string of the molecule is O=C(c1ccccc1CN1CCCC1)N1CCC[C@]2(C[C@@H](Oc3ccccc3F)CO2)C1. The molecular formula is C26H31FN2O3. The van der Waals surface area contributed by atoms with Gasteiger partial charge in [-0.3, -0.25) is 9.69 Å². The third-order valence-corrected chi connectivity index (χ3v) is 6.97. The van der Waals surface area contributed by atoms with Crippen LogP contribution in [0.3, 0.4) is 0 Å². The molecule has 0 saturated carbocycles. The van der Waals surface area contributed by atoms with E-state index in [-0.39, 0.29) is 23.6 Å². The molecule has 0 radical (unpaired) electrons. The van der Waals surface area contributed by atoms with Crippen molar-refractivity contribution >= 4 is 5.91 Å². The van der Waals surface area contributed by atoms with Gasteiger partial charge in [0.25, 0.3) is 5.91 Å². The van der Waals surface area contributed by atoms with Crippen LogP contribution in [-0.4, -0.2) is 60.2 Å². The molecule has 3 aliphatic heterocycles. The van der Waals surface area contributed by atoms with Gasteiger partial charge in [0.15, 0.2) is 11.6 Å². The highest BCUT2D eigenvalue weighted by Gasteiger charge is 2.45. The average Bonchev–Trinajstić information content (AvgIpc) is 3.46. The molecule has 0 bridgehead atoms. The van der Waals surface area contributed by atoms with Crippen molar-refractivity contribution in [3.63, 3.8) is 0 Å². The Labute approximate surface area is 189 Å². The summed E-state index contributed by atoms with van der Waals surface area (Å²) in [4.78, 5) is 17.9. The third-order valence-electron chi connectivity index (χ3n) is 6.97. The van der Waals surface area contributed by atoms with E-state index in [0.29, 0.717) is 19.6 Å². The Hall–Kier alpha value is -2.44. The highest BCUT2D eigenvalue weighted by atomic mass is 19.1. The number of nitrogens with zero attached hydrogens (tertiary/aromatic N) is 2. The van der Waals surface area contributed by atoms with E-state index < -0.39 is 5.60 Å². The van der Waals surface area contributed by atoms with Crippen LogP contribution >= 0.6 is 0 Å². The molecule has 3 fully saturated rings. The number of halogens is 1. The van der Waals surface area contributed by atoms with E-state index in [0.717, 1.165) is 50.1 Å². The fourth-order valence-corrected chi connectivity index (χ4v) is 5.37. The number of rotatable bonds is 5. The zero-order valence-electron chi connectivity index (χ0n) is 18.5. The average molecular weight is 439 g/mol. The van der Waals surface area contributed by atoms with Gasteiger partial charge < -0.3 is 14.4 Å². The van der Waals surface area contributed by atoms with E-state index in [1.807, 2.05) is 23.1 Å². The first-order valence-electron chi connectivity index (χ1n) is 11.8. The predicted octanol–water partition coefficient (Wildman–Crippen LogP) is 4.26. The first-order valence-corrected chi connectivity index (χ1v) is 11.8. The number of amides is 1. The highest BCUT2D eigenvalue weighted by molar-refractivity contribution is 5.95. The maximum absolute atomic E-state index is 14.0. The van der Waals surface area contributed by atoms with Gasteiger partial charge >= 0.3 is 0 Å². The number of carbonyl (C=O) groups excluding carboxylic acids is 1. The molecule has 0 unspecified atom stereocenters. The fourth-order valence-electron chi connectivity index (χ4n) is 5.37. The van der Waals surface area contributed by atoms with Crippen LogP contribution in [0, 0.1) is 5.82 Å². The lowest BCUT2D eigenvalue weighted by Gasteiger charge is -2.40. The molecule has 1 spiro atoms. The van der Waals surface area contributed by atoms with E-state index in [1.165, 1.54) is 18.9 Å². The van der Waals surface area contributed by atoms with Crippen molar-refractivity contribution < 1.29 is 18.7 Å². The smallest absolute Gasteiger partial charge is 0.254 e. The number of hydrogen-bond donors (Lipinski definition) is 0. The van der Waals surface area contributed by atoms with Gasteiger partial charge in [0.2, 0.25) is 0 Å². The molecule has 3 saturated heterocycles. The van der Waals surface area contributed by atoms with Crippen LogP contribution < -0.4 is 4.74 Å². The second-order valence-corrected chi connectivity index (χ2v) is 9.34. The summed E-state index contributed by atoms with van der Waals surface area (Å²) < 4.78 is 26.1. The summed E-state index contributed by atoms with van der Waals surface area (Å²) in [5.41, 5.74) is 1.49. The molecule has 32 heavy (non-hydrogen) atoms. The van der Waals surface area contributed by atoms with Crippen LogP contribution in [0.5, 0.6) is 5.75 Å². The molecule has 2 aromatic carbocycles. The second-order valence-electron chi connectivity index (χ2n) is 9.34. The van der Waals surface area contributed by atoms with Crippen LogP contribution in [0.1, 0.15) is 48.0 Å². The summed E-state index contributed by atoms with van der Waals surface area (Å²) in [6.45, 7) is 4.75. The Morgan fingerprint density at radius 2 is 1.84 bits per heavy atom. The van der Waals surface area contributed by atoms with Gasteiger partial charge in [0.05, 0.1) is 18.8 Å². The zero-order valence-corrected chi connectivity index (χ0v) is 18.5. The minimum absolute atomic E-state index is 0.0842.